The fourth-order valence-corrected chi connectivity index (χ4v) is 2.95. The quantitative estimate of drug-likeness (QED) is 0.664. The van der Waals surface area contributed by atoms with Crippen molar-refractivity contribution in [3.05, 3.63) is 0 Å². The van der Waals surface area contributed by atoms with Crippen molar-refractivity contribution in [2.75, 3.05) is 12.9 Å². The van der Waals surface area contributed by atoms with E-state index in [1.807, 2.05) is 6.26 Å². The molecule has 0 saturated heterocycles. The molecule has 1 atom stereocenters. The van der Waals surface area contributed by atoms with E-state index in [9.17, 15) is 4.57 Å². The molecular formula is C8H17O2PS. The van der Waals surface area contributed by atoms with Crippen LogP contribution in [0.2, 0.25) is 0 Å². The second-order valence-corrected chi connectivity index (χ2v) is 8.52. The van der Waals surface area contributed by atoms with Crippen molar-refractivity contribution < 1.29 is 9.09 Å². The highest BCUT2D eigenvalue weighted by Gasteiger charge is 2.22. The van der Waals surface area contributed by atoms with Crippen LogP contribution in [-0.4, -0.2) is 19.0 Å². The van der Waals surface area contributed by atoms with Gasteiger partial charge in [-0.15, -0.1) is 0 Å². The first-order valence-corrected chi connectivity index (χ1v) is 8.36. The highest BCUT2D eigenvalue weighted by Crippen LogP contribution is 2.56. The second-order valence-electron chi connectivity index (χ2n) is 3.32. The molecule has 0 radical (unpaired) electrons. The van der Waals surface area contributed by atoms with E-state index in [1.165, 1.54) is 30.6 Å². The molecule has 1 fully saturated rings. The smallest absolute Gasteiger partial charge is 0.254 e. The van der Waals surface area contributed by atoms with Gasteiger partial charge in [0.1, 0.15) is 0 Å². The molecule has 1 saturated carbocycles. The van der Waals surface area contributed by atoms with Crippen molar-refractivity contribution in [3.8, 4) is 0 Å². The van der Waals surface area contributed by atoms with Crippen molar-refractivity contribution in [1.29, 1.82) is 0 Å². The zero-order valence-corrected chi connectivity index (χ0v) is 9.50. The van der Waals surface area contributed by atoms with Gasteiger partial charge in [0, 0.05) is 6.66 Å². The fourth-order valence-electron chi connectivity index (χ4n) is 1.48. The summed E-state index contributed by atoms with van der Waals surface area (Å²) >= 11 is 1.35. The largest absolute Gasteiger partial charge is 0.318 e. The van der Waals surface area contributed by atoms with E-state index in [1.54, 1.807) is 6.66 Å². The topological polar surface area (TPSA) is 26.3 Å². The Bertz CT molecular complexity index is 178. The minimum absolute atomic E-state index is 0.266. The maximum Gasteiger partial charge on any atom is 0.254 e. The van der Waals surface area contributed by atoms with Gasteiger partial charge >= 0.3 is 0 Å². The maximum absolute atomic E-state index is 11.6. The van der Waals surface area contributed by atoms with Crippen LogP contribution in [0.1, 0.15) is 32.1 Å². The van der Waals surface area contributed by atoms with Gasteiger partial charge in [0.2, 0.25) is 0 Å². The molecule has 0 aromatic heterocycles. The first-order valence-electron chi connectivity index (χ1n) is 4.46. The van der Waals surface area contributed by atoms with Crippen molar-refractivity contribution in [3.63, 3.8) is 0 Å². The maximum atomic E-state index is 11.6. The average molecular weight is 208 g/mol. The number of rotatable bonds is 3. The van der Waals surface area contributed by atoms with E-state index in [2.05, 4.69) is 0 Å². The highest BCUT2D eigenvalue weighted by molar-refractivity contribution is 8.56. The molecule has 0 unspecified atom stereocenters. The van der Waals surface area contributed by atoms with Gasteiger partial charge in [0.25, 0.3) is 6.57 Å². The monoisotopic (exact) mass is 208 g/mol. The lowest BCUT2D eigenvalue weighted by molar-refractivity contribution is 0.165. The van der Waals surface area contributed by atoms with Gasteiger partial charge in [-0.05, 0) is 19.1 Å². The summed E-state index contributed by atoms with van der Waals surface area (Å²) in [6.07, 6.45) is 8.09. The van der Waals surface area contributed by atoms with Gasteiger partial charge in [-0.3, -0.25) is 4.57 Å². The molecule has 0 aliphatic heterocycles. The van der Waals surface area contributed by atoms with E-state index < -0.39 is 6.57 Å². The SMILES string of the molecule is CS[P@@](C)(=O)OC1CCCCC1. The summed E-state index contributed by atoms with van der Waals surface area (Å²) in [5.74, 6) is 0. The Morgan fingerprint density at radius 2 is 1.92 bits per heavy atom. The summed E-state index contributed by atoms with van der Waals surface area (Å²) in [6, 6.07) is 0. The Hall–Kier alpha value is 0.540. The van der Waals surface area contributed by atoms with Gasteiger partial charge in [0.15, 0.2) is 0 Å². The summed E-state index contributed by atoms with van der Waals surface area (Å²) < 4.78 is 17.1. The third kappa shape index (κ3) is 3.51. The van der Waals surface area contributed by atoms with Crippen LogP contribution in [0.4, 0.5) is 0 Å². The molecule has 0 aromatic carbocycles. The first kappa shape index (κ1) is 10.6. The summed E-state index contributed by atoms with van der Waals surface area (Å²) in [4.78, 5) is 0. The molecule has 12 heavy (non-hydrogen) atoms. The molecule has 1 rings (SSSR count). The third-order valence-corrected chi connectivity index (χ3v) is 5.82. The zero-order valence-electron chi connectivity index (χ0n) is 7.78. The Balaban J connectivity index is 2.34. The normalized spacial score (nSPS) is 25.2. The van der Waals surface area contributed by atoms with Crippen LogP contribution in [0.3, 0.4) is 0 Å². The predicted octanol–water partition coefficient (Wildman–Crippen LogP) is 3.52. The minimum Gasteiger partial charge on any atom is -0.318 e. The minimum atomic E-state index is -2.33. The Kier molecular flexibility index (Phi) is 4.15. The summed E-state index contributed by atoms with van der Waals surface area (Å²) in [7, 11) is 0. The van der Waals surface area contributed by atoms with Crippen LogP contribution in [-0.2, 0) is 9.09 Å². The van der Waals surface area contributed by atoms with Crippen LogP contribution in [0.5, 0.6) is 0 Å². The van der Waals surface area contributed by atoms with E-state index in [-0.39, 0.29) is 6.10 Å². The van der Waals surface area contributed by atoms with Gasteiger partial charge in [-0.25, -0.2) is 0 Å². The van der Waals surface area contributed by atoms with Gasteiger partial charge < -0.3 is 4.52 Å². The third-order valence-electron chi connectivity index (χ3n) is 2.22. The molecule has 2 nitrogen and oxygen atoms in total. The molecule has 0 N–H and O–H groups in total. The van der Waals surface area contributed by atoms with Crippen LogP contribution in [0.15, 0.2) is 0 Å². The van der Waals surface area contributed by atoms with Crippen LogP contribution >= 0.6 is 18.0 Å². The van der Waals surface area contributed by atoms with Gasteiger partial charge in [0.05, 0.1) is 6.10 Å². The molecule has 1 aliphatic carbocycles. The summed E-state index contributed by atoms with van der Waals surface area (Å²) in [5, 5.41) is 0. The van der Waals surface area contributed by atoms with Crippen molar-refractivity contribution in [1.82, 2.24) is 0 Å². The van der Waals surface area contributed by atoms with E-state index >= 15 is 0 Å². The van der Waals surface area contributed by atoms with Crippen molar-refractivity contribution in [2.24, 2.45) is 0 Å². The lowest BCUT2D eigenvalue weighted by Gasteiger charge is -2.24. The van der Waals surface area contributed by atoms with Crippen LogP contribution in [0, 0.1) is 0 Å². The van der Waals surface area contributed by atoms with Gasteiger partial charge in [-0.2, -0.15) is 0 Å². The summed E-state index contributed by atoms with van der Waals surface area (Å²) in [6.45, 7) is -0.611. The van der Waals surface area contributed by atoms with E-state index in [0.717, 1.165) is 12.8 Å². The Morgan fingerprint density at radius 1 is 1.33 bits per heavy atom. The molecule has 4 heteroatoms. The van der Waals surface area contributed by atoms with Crippen molar-refractivity contribution in [2.45, 2.75) is 38.2 Å². The molecule has 0 spiro atoms. The molecule has 0 amide bonds. The van der Waals surface area contributed by atoms with E-state index in [4.69, 9.17) is 4.52 Å². The van der Waals surface area contributed by atoms with Crippen LogP contribution in [0.25, 0.3) is 0 Å². The highest BCUT2D eigenvalue weighted by atomic mass is 32.7. The fraction of sp³-hybridized carbons (Fsp3) is 1.00. The molecule has 72 valence electrons. The molecule has 0 bridgehead atoms. The lowest BCUT2D eigenvalue weighted by atomic mass is 9.98. The van der Waals surface area contributed by atoms with E-state index in [0.29, 0.717) is 0 Å². The van der Waals surface area contributed by atoms with Crippen LogP contribution < -0.4 is 0 Å². The summed E-state index contributed by atoms with van der Waals surface area (Å²) in [5.41, 5.74) is 0. The van der Waals surface area contributed by atoms with Crippen molar-refractivity contribution >= 4 is 18.0 Å². The molecule has 0 aromatic rings. The second kappa shape index (κ2) is 4.69. The number of hydrogen-bond donors (Lipinski definition) is 0. The number of hydrogen-bond acceptors (Lipinski definition) is 3. The first-order chi connectivity index (χ1) is 5.64. The average Bonchev–Trinajstić information content (AvgIpc) is 2.06. The Labute approximate surface area is 78.6 Å². The standard InChI is InChI=1S/C8H17O2PS/c1-11(9,12-2)10-8-6-4-3-5-7-8/h8H,3-7H2,1-2H3/t11-/m0/s1. The molecular weight excluding hydrogens is 191 g/mol. The zero-order chi connectivity index (χ0) is 9.03. The lowest BCUT2D eigenvalue weighted by Crippen LogP contribution is -2.14. The van der Waals surface area contributed by atoms with Gasteiger partial charge in [-0.1, -0.05) is 30.6 Å². The molecule has 1 aliphatic rings. The Morgan fingerprint density at radius 3 is 2.42 bits per heavy atom. The predicted molar refractivity (Wildman–Crippen MR) is 55.0 cm³/mol. The molecule has 0 heterocycles.